The molecule has 0 aliphatic carbocycles. The molecule has 0 bridgehead atoms. The number of nitrogens with zero attached hydrogens (tertiary/aromatic N) is 2. The Hall–Kier alpha value is -0.680. The van der Waals surface area contributed by atoms with Crippen LogP contribution in [0.5, 0.6) is 0 Å². The number of ketones is 1. The van der Waals surface area contributed by atoms with Crippen molar-refractivity contribution in [2.45, 2.75) is 38.6 Å². The van der Waals surface area contributed by atoms with E-state index >= 15 is 0 Å². The molecular weight excluding hydrogens is 273 g/mol. The summed E-state index contributed by atoms with van der Waals surface area (Å²) in [6.07, 6.45) is 0.0560. The summed E-state index contributed by atoms with van der Waals surface area (Å²) in [5.74, 6) is -1.38. The lowest BCUT2D eigenvalue weighted by molar-refractivity contribution is -0.132. The van der Waals surface area contributed by atoms with Crippen LogP contribution in [0.4, 0.5) is 8.78 Å². The molecule has 0 N–H and O–H groups in total. The average Bonchev–Trinajstić information content (AvgIpc) is 2.54. The van der Waals surface area contributed by atoms with Gasteiger partial charge in [-0.3, -0.25) is 9.48 Å². The van der Waals surface area contributed by atoms with Crippen molar-refractivity contribution in [2.24, 2.45) is 0 Å². The molecule has 0 radical (unpaired) electrons. The van der Waals surface area contributed by atoms with Crippen molar-refractivity contribution in [3.8, 4) is 0 Å². The number of Topliss-reactive ketones (excluding diaryl/α,β-unsaturated/α-hetero) is 1. The summed E-state index contributed by atoms with van der Waals surface area (Å²) in [4.78, 5) is 11.2. The Morgan fingerprint density at radius 3 is 2.47 bits per heavy atom. The van der Waals surface area contributed by atoms with Gasteiger partial charge >= 0.3 is 5.38 Å². The maximum absolute atomic E-state index is 12.6. The highest BCUT2D eigenvalue weighted by Crippen LogP contribution is 2.27. The van der Waals surface area contributed by atoms with Crippen molar-refractivity contribution in [1.82, 2.24) is 9.78 Å². The summed E-state index contributed by atoms with van der Waals surface area (Å²) in [5, 5.41) is 0.531. The zero-order chi connectivity index (χ0) is 13.2. The Kier molecular flexibility index (Phi) is 4.49. The molecule has 0 atom stereocenters. The number of hydrogen-bond acceptors (Lipinski definition) is 2. The summed E-state index contributed by atoms with van der Waals surface area (Å²) < 4.78 is 26.6. The van der Waals surface area contributed by atoms with Gasteiger partial charge in [0.05, 0.1) is 22.8 Å². The van der Waals surface area contributed by atoms with Crippen molar-refractivity contribution in [3.05, 3.63) is 16.4 Å². The second-order valence-electron chi connectivity index (χ2n) is 3.47. The van der Waals surface area contributed by atoms with Crippen LogP contribution in [0.15, 0.2) is 0 Å². The molecule has 0 saturated heterocycles. The first-order valence-corrected chi connectivity index (χ1v) is 5.90. The van der Waals surface area contributed by atoms with Crippen molar-refractivity contribution in [1.29, 1.82) is 0 Å². The normalized spacial score (nSPS) is 11.9. The average molecular weight is 285 g/mol. The maximum atomic E-state index is 12.6. The first-order valence-electron chi connectivity index (χ1n) is 5.15. The predicted molar refractivity (Wildman–Crippen MR) is 61.8 cm³/mol. The van der Waals surface area contributed by atoms with Gasteiger partial charge in [-0.25, -0.2) is 0 Å². The lowest BCUT2D eigenvalue weighted by Crippen LogP contribution is -2.24. The standard InChI is InChI=1S/C10H12Cl2F2N2O/c1-3-6-9(11)7(16(4-2)15-6)5-8(17)10(12,13)14/h3-5H2,1-2H3. The third-order valence-corrected chi connectivity index (χ3v) is 2.99. The van der Waals surface area contributed by atoms with Crippen LogP contribution >= 0.6 is 23.2 Å². The molecule has 0 unspecified atom stereocenters. The second-order valence-corrected chi connectivity index (χ2v) is 4.33. The Morgan fingerprint density at radius 2 is 2.06 bits per heavy atom. The quantitative estimate of drug-likeness (QED) is 0.779. The second kappa shape index (κ2) is 5.31. The van der Waals surface area contributed by atoms with Gasteiger partial charge in [-0.2, -0.15) is 13.9 Å². The number of carbonyl (C=O) groups is 1. The molecule has 1 aromatic heterocycles. The van der Waals surface area contributed by atoms with E-state index in [1.165, 1.54) is 4.68 Å². The van der Waals surface area contributed by atoms with Gasteiger partial charge in [0.25, 0.3) is 0 Å². The number of halogens is 4. The molecule has 7 heteroatoms. The fourth-order valence-electron chi connectivity index (χ4n) is 1.44. The molecule has 1 rings (SSSR count). The maximum Gasteiger partial charge on any atom is 0.380 e. The topological polar surface area (TPSA) is 34.9 Å². The molecule has 0 saturated carbocycles. The minimum atomic E-state index is -3.86. The van der Waals surface area contributed by atoms with E-state index < -0.39 is 17.6 Å². The lowest BCUT2D eigenvalue weighted by Gasteiger charge is -2.08. The lowest BCUT2D eigenvalue weighted by atomic mass is 10.2. The largest absolute Gasteiger partial charge is 0.380 e. The molecule has 1 aromatic rings. The van der Waals surface area contributed by atoms with Gasteiger partial charge in [0, 0.05) is 6.54 Å². The highest BCUT2D eigenvalue weighted by atomic mass is 35.5. The van der Waals surface area contributed by atoms with Gasteiger partial charge in [0.15, 0.2) is 0 Å². The summed E-state index contributed by atoms with van der Waals surface area (Å²) >= 11 is 10.6. The van der Waals surface area contributed by atoms with E-state index in [0.29, 0.717) is 18.7 Å². The van der Waals surface area contributed by atoms with E-state index in [9.17, 15) is 13.6 Å². The molecule has 0 aromatic carbocycles. The summed E-state index contributed by atoms with van der Waals surface area (Å²) in [5.41, 5.74) is 0.880. The van der Waals surface area contributed by atoms with Crippen LogP contribution in [0, 0.1) is 0 Å². The third kappa shape index (κ3) is 3.16. The minimum Gasteiger partial charge on any atom is -0.291 e. The fraction of sp³-hybridized carbons (Fsp3) is 0.600. The fourth-order valence-corrected chi connectivity index (χ4v) is 1.84. The molecule has 17 heavy (non-hydrogen) atoms. The van der Waals surface area contributed by atoms with E-state index in [2.05, 4.69) is 16.7 Å². The Bertz CT molecular complexity index is 427. The van der Waals surface area contributed by atoms with E-state index in [-0.39, 0.29) is 10.7 Å². The third-order valence-electron chi connectivity index (χ3n) is 2.34. The molecule has 0 spiro atoms. The SMILES string of the molecule is CCc1nn(CC)c(CC(=O)C(F)(F)Cl)c1Cl. The zero-order valence-corrected chi connectivity index (χ0v) is 10.9. The van der Waals surface area contributed by atoms with Gasteiger partial charge < -0.3 is 0 Å². The van der Waals surface area contributed by atoms with Crippen molar-refractivity contribution in [2.75, 3.05) is 0 Å². The van der Waals surface area contributed by atoms with Gasteiger partial charge in [-0.15, -0.1) is 0 Å². The van der Waals surface area contributed by atoms with Crippen LogP contribution in [0.25, 0.3) is 0 Å². The van der Waals surface area contributed by atoms with Gasteiger partial charge in [-0.1, -0.05) is 18.5 Å². The van der Waals surface area contributed by atoms with Crippen LogP contribution in [0.1, 0.15) is 25.2 Å². The molecule has 96 valence electrons. The Labute approximate surface area is 108 Å². The summed E-state index contributed by atoms with van der Waals surface area (Å²) in [7, 11) is 0. The summed E-state index contributed by atoms with van der Waals surface area (Å²) in [6, 6.07) is 0. The minimum absolute atomic E-state index is 0.267. The van der Waals surface area contributed by atoms with E-state index in [4.69, 9.17) is 11.6 Å². The van der Waals surface area contributed by atoms with Crippen LogP contribution in [-0.2, 0) is 24.2 Å². The van der Waals surface area contributed by atoms with E-state index in [1.807, 2.05) is 6.92 Å². The van der Waals surface area contributed by atoms with Crippen LogP contribution in [0.3, 0.4) is 0 Å². The molecule has 0 aliphatic heterocycles. The highest BCUT2D eigenvalue weighted by Gasteiger charge is 2.36. The monoisotopic (exact) mass is 284 g/mol. The Morgan fingerprint density at radius 1 is 1.47 bits per heavy atom. The van der Waals surface area contributed by atoms with Crippen molar-refractivity contribution in [3.63, 3.8) is 0 Å². The molecule has 0 fully saturated rings. The van der Waals surface area contributed by atoms with Crippen LogP contribution in [0.2, 0.25) is 5.02 Å². The van der Waals surface area contributed by atoms with Gasteiger partial charge in [-0.05, 0) is 24.9 Å². The molecule has 1 heterocycles. The molecular formula is C10H12Cl2F2N2O. The van der Waals surface area contributed by atoms with E-state index in [0.717, 1.165) is 0 Å². The van der Waals surface area contributed by atoms with E-state index in [1.54, 1.807) is 6.92 Å². The highest BCUT2D eigenvalue weighted by molar-refractivity contribution is 6.34. The first-order chi connectivity index (χ1) is 7.81. The molecule has 0 aliphatic rings. The number of carbonyl (C=O) groups excluding carboxylic acids is 1. The number of rotatable bonds is 5. The molecule has 3 nitrogen and oxygen atoms in total. The number of aromatic nitrogens is 2. The van der Waals surface area contributed by atoms with Crippen LogP contribution in [-0.4, -0.2) is 20.9 Å². The van der Waals surface area contributed by atoms with Gasteiger partial charge in [0.2, 0.25) is 5.78 Å². The Balaban J connectivity index is 3.05. The number of hydrogen-bond donors (Lipinski definition) is 0. The number of alkyl halides is 3. The first kappa shape index (κ1) is 14.4. The van der Waals surface area contributed by atoms with Gasteiger partial charge in [0.1, 0.15) is 0 Å². The van der Waals surface area contributed by atoms with Crippen LogP contribution < -0.4 is 0 Å². The smallest absolute Gasteiger partial charge is 0.291 e. The molecule has 0 amide bonds. The zero-order valence-electron chi connectivity index (χ0n) is 9.44. The van der Waals surface area contributed by atoms with Crippen molar-refractivity contribution < 1.29 is 13.6 Å². The summed E-state index contributed by atoms with van der Waals surface area (Å²) in [6.45, 7) is 4.09. The number of aryl methyl sites for hydroxylation is 2. The predicted octanol–water partition coefficient (Wildman–Crippen LogP) is 3.06. The van der Waals surface area contributed by atoms with Crippen molar-refractivity contribution >= 4 is 29.0 Å².